The van der Waals surface area contributed by atoms with E-state index in [1.165, 1.54) is 0 Å². The molecular weight excluding hydrogens is 252 g/mol. The lowest BCUT2D eigenvalue weighted by molar-refractivity contribution is -0.339. The van der Waals surface area contributed by atoms with Crippen LogP contribution in [0.5, 0.6) is 0 Å². The summed E-state index contributed by atoms with van der Waals surface area (Å²) in [5.41, 5.74) is 0. The van der Waals surface area contributed by atoms with Gasteiger partial charge in [0.25, 0.3) is 0 Å². The minimum absolute atomic E-state index is 0.0737. The Kier molecular flexibility index (Phi) is 3.91. The van der Waals surface area contributed by atoms with Crippen LogP contribution in [0.4, 0.5) is 0 Å². The highest BCUT2D eigenvalue weighted by Gasteiger charge is 2.43. The van der Waals surface area contributed by atoms with Crippen LogP contribution in [0, 0.1) is 0 Å². The second-order valence-corrected chi connectivity index (χ2v) is 12.1. The molecule has 1 aliphatic heterocycles. The third-order valence-corrected chi connectivity index (χ3v) is 12.3. The normalized spacial score (nSPS) is 46.8. The monoisotopic (exact) mass is 267 g/mol. The van der Waals surface area contributed by atoms with E-state index < -0.39 is 26.4 Å². The van der Waals surface area contributed by atoms with Crippen LogP contribution in [0.3, 0.4) is 0 Å². The fourth-order valence-corrected chi connectivity index (χ4v) is 12.0. The Morgan fingerprint density at radius 2 is 0.867 bits per heavy atom. The Labute approximate surface area is 92.5 Å². The smallest absolute Gasteiger partial charge is 0.224 e. The predicted molar refractivity (Wildman–Crippen MR) is 52.0 cm³/mol. The van der Waals surface area contributed by atoms with Crippen molar-refractivity contribution in [2.45, 2.75) is 38.9 Å². The third kappa shape index (κ3) is 2.95. The average Bonchev–Trinajstić information content (AvgIpc) is 2.16. The molecule has 0 aromatic heterocycles. The van der Waals surface area contributed by atoms with Gasteiger partial charge in [-0.15, -0.1) is 0 Å². The highest BCUT2D eigenvalue weighted by molar-refractivity contribution is 6.85. The molecular formula is C6H15O6Si3-3. The zero-order valence-electron chi connectivity index (χ0n) is 9.07. The summed E-state index contributed by atoms with van der Waals surface area (Å²) in [6.45, 7) is 4.75. The fourth-order valence-electron chi connectivity index (χ4n) is 1.21. The molecule has 1 saturated heterocycles. The molecule has 1 fully saturated rings. The average molecular weight is 267 g/mol. The van der Waals surface area contributed by atoms with E-state index in [0.29, 0.717) is 0 Å². The van der Waals surface area contributed by atoms with E-state index in [1.54, 1.807) is 20.8 Å². The van der Waals surface area contributed by atoms with Gasteiger partial charge in [-0.05, 0) is 18.1 Å². The first kappa shape index (κ1) is 13.5. The van der Waals surface area contributed by atoms with E-state index in [2.05, 4.69) is 0 Å². The van der Waals surface area contributed by atoms with Gasteiger partial charge in [0.05, 0.1) is 0 Å². The van der Waals surface area contributed by atoms with E-state index in [9.17, 15) is 14.4 Å². The van der Waals surface area contributed by atoms with Gasteiger partial charge in [0.2, 0.25) is 26.4 Å². The van der Waals surface area contributed by atoms with Crippen LogP contribution in [0.1, 0.15) is 20.8 Å². The van der Waals surface area contributed by atoms with Crippen molar-refractivity contribution in [1.82, 2.24) is 0 Å². The zero-order valence-corrected chi connectivity index (χ0v) is 12.1. The highest BCUT2D eigenvalue weighted by Crippen LogP contribution is 2.27. The summed E-state index contributed by atoms with van der Waals surface area (Å²) in [4.78, 5) is 35.8. The predicted octanol–water partition coefficient (Wildman–Crippen LogP) is -1.99. The number of hydrogen-bond donors (Lipinski definition) is 0. The second kappa shape index (κ2) is 4.35. The van der Waals surface area contributed by atoms with Gasteiger partial charge in [-0.2, -0.15) is 0 Å². The van der Waals surface area contributed by atoms with Crippen molar-refractivity contribution < 1.29 is 26.7 Å². The molecule has 0 aromatic rings. The minimum atomic E-state index is -3.80. The Morgan fingerprint density at radius 1 is 0.667 bits per heavy atom. The van der Waals surface area contributed by atoms with Gasteiger partial charge in [-0.1, -0.05) is 20.8 Å². The van der Waals surface area contributed by atoms with Crippen LogP contribution in [0.15, 0.2) is 0 Å². The SMILES string of the molecule is CC[Si]1([O-])O[Si]([O-])(CC)O[Si]([O-])(CC)O1. The molecule has 15 heavy (non-hydrogen) atoms. The molecule has 0 unspecified atom stereocenters. The van der Waals surface area contributed by atoms with Crippen LogP contribution in [0.25, 0.3) is 0 Å². The van der Waals surface area contributed by atoms with Crippen LogP contribution in [-0.2, 0) is 12.3 Å². The second-order valence-electron chi connectivity index (χ2n) is 3.42. The molecule has 0 aromatic carbocycles. The summed E-state index contributed by atoms with van der Waals surface area (Å²) < 4.78 is 14.7. The van der Waals surface area contributed by atoms with Crippen LogP contribution >= 0.6 is 0 Å². The van der Waals surface area contributed by atoms with Crippen LogP contribution < -0.4 is 14.4 Å². The lowest BCUT2D eigenvalue weighted by atomic mass is 11.0. The Balaban J connectivity index is 2.92. The van der Waals surface area contributed by atoms with E-state index in [1.807, 2.05) is 0 Å². The summed E-state index contributed by atoms with van der Waals surface area (Å²) in [6, 6.07) is 0.221. The summed E-state index contributed by atoms with van der Waals surface area (Å²) >= 11 is 0. The van der Waals surface area contributed by atoms with Gasteiger partial charge in [0.15, 0.2) is 0 Å². The maximum absolute atomic E-state index is 11.9. The molecule has 90 valence electrons. The standard InChI is InChI=1S/C6H15O6Si3/c1-4-13(7)10-14(8,5-2)12-15(9,6-3)11-13/h4-6H2,1-3H3/q-3. The largest absolute Gasteiger partial charge is 0.818 e. The van der Waals surface area contributed by atoms with Crippen molar-refractivity contribution in [2.24, 2.45) is 0 Å². The number of hydrogen-bond acceptors (Lipinski definition) is 6. The molecule has 1 heterocycles. The van der Waals surface area contributed by atoms with E-state index in [-0.39, 0.29) is 18.1 Å². The topological polar surface area (TPSA) is 96.9 Å². The van der Waals surface area contributed by atoms with Crippen molar-refractivity contribution in [2.75, 3.05) is 0 Å². The van der Waals surface area contributed by atoms with Crippen molar-refractivity contribution in [3.8, 4) is 0 Å². The first-order valence-electron chi connectivity index (χ1n) is 5.02. The van der Waals surface area contributed by atoms with Crippen molar-refractivity contribution in [3.05, 3.63) is 0 Å². The summed E-state index contributed by atoms with van der Waals surface area (Å²) in [5, 5.41) is 0. The molecule has 0 N–H and O–H groups in total. The van der Waals surface area contributed by atoms with E-state index in [4.69, 9.17) is 12.3 Å². The summed E-state index contributed by atoms with van der Waals surface area (Å²) in [7, 11) is -11.4. The number of rotatable bonds is 3. The zero-order chi connectivity index (χ0) is 11.7. The molecule has 0 aliphatic carbocycles. The highest BCUT2D eigenvalue weighted by atomic mass is 28.5. The Morgan fingerprint density at radius 3 is 1.00 bits per heavy atom. The Hall–Kier alpha value is 0.411. The Bertz CT molecular complexity index is 193. The van der Waals surface area contributed by atoms with Crippen LogP contribution in [-0.4, -0.2) is 26.4 Å². The maximum Gasteiger partial charge on any atom is 0.224 e. The van der Waals surface area contributed by atoms with Gasteiger partial charge in [-0.3, -0.25) is 0 Å². The molecule has 0 saturated carbocycles. The summed E-state index contributed by atoms with van der Waals surface area (Å²) in [6.07, 6.45) is 0. The first-order valence-corrected chi connectivity index (χ1v) is 10.8. The molecule has 0 atom stereocenters. The van der Waals surface area contributed by atoms with E-state index in [0.717, 1.165) is 0 Å². The molecule has 1 rings (SSSR count). The van der Waals surface area contributed by atoms with E-state index >= 15 is 0 Å². The molecule has 0 spiro atoms. The van der Waals surface area contributed by atoms with Crippen LogP contribution in [0.2, 0.25) is 18.1 Å². The van der Waals surface area contributed by atoms with Gasteiger partial charge in [-0.25, -0.2) is 0 Å². The third-order valence-electron chi connectivity index (χ3n) is 2.23. The lowest BCUT2D eigenvalue weighted by Gasteiger charge is -2.62. The molecule has 9 heteroatoms. The van der Waals surface area contributed by atoms with Gasteiger partial charge >= 0.3 is 0 Å². The molecule has 0 radical (unpaired) electrons. The van der Waals surface area contributed by atoms with Crippen molar-refractivity contribution in [1.29, 1.82) is 0 Å². The fraction of sp³-hybridized carbons (Fsp3) is 1.00. The molecule has 1 aliphatic rings. The minimum Gasteiger partial charge on any atom is -0.818 e. The molecule has 6 nitrogen and oxygen atoms in total. The lowest BCUT2D eigenvalue weighted by Crippen LogP contribution is -2.82. The van der Waals surface area contributed by atoms with Crippen molar-refractivity contribution >= 4 is 26.4 Å². The van der Waals surface area contributed by atoms with Gasteiger partial charge < -0.3 is 26.7 Å². The quantitative estimate of drug-likeness (QED) is 0.549. The van der Waals surface area contributed by atoms with Gasteiger partial charge in [0, 0.05) is 0 Å². The van der Waals surface area contributed by atoms with Gasteiger partial charge in [0.1, 0.15) is 0 Å². The van der Waals surface area contributed by atoms with Crippen molar-refractivity contribution in [3.63, 3.8) is 0 Å². The molecule has 0 amide bonds. The molecule has 0 bridgehead atoms. The first-order chi connectivity index (χ1) is 6.80. The maximum atomic E-state index is 11.9. The summed E-state index contributed by atoms with van der Waals surface area (Å²) in [5.74, 6) is 0.